The van der Waals surface area contributed by atoms with Crippen LogP contribution in [0.5, 0.6) is 0 Å². The number of likely N-dealkylation sites (tertiary alicyclic amines) is 1. The molecule has 1 saturated heterocycles. The Labute approximate surface area is 175 Å². The average molecular weight is 410 g/mol. The molecule has 5 rings (SSSR count). The third kappa shape index (κ3) is 3.34. The van der Waals surface area contributed by atoms with Gasteiger partial charge in [0.1, 0.15) is 0 Å². The summed E-state index contributed by atoms with van der Waals surface area (Å²) in [6.07, 6.45) is 6.97. The van der Waals surface area contributed by atoms with Crippen molar-refractivity contribution in [2.75, 3.05) is 19.6 Å². The zero-order valence-corrected chi connectivity index (χ0v) is 17.9. The van der Waals surface area contributed by atoms with E-state index in [-0.39, 0.29) is 0 Å². The van der Waals surface area contributed by atoms with Gasteiger partial charge in [-0.3, -0.25) is 0 Å². The molecule has 0 radical (unpaired) electrons. The second-order valence-corrected chi connectivity index (χ2v) is 11.7. The van der Waals surface area contributed by atoms with Crippen LogP contribution >= 0.6 is 0 Å². The molecule has 4 heteroatoms. The van der Waals surface area contributed by atoms with Crippen LogP contribution < -0.4 is 0 Å². The monoisotopic (exact) mass is 409 g/mol. The first-order chi connectivity index (χ1) is 14.1. The van der Waals surface area contributed by atoms with Crippen LogP contribution in [0.1, 0.15) is 55.6 Å². The minimum atomic E-state index is -3.24. The van der Waals surface area contributed by atoms with Gasteiger partial charge in [-0.25, -0.2) is 8.42 Å². The molecule has 0 bridgehead atoms. The van der Waals surface area contributed by atoms with Gasteiger partial charge in [0.15, 0.2) is 9.84 Å². The van der Waals surface area contributed by atoms with Gasteiger partial charge in [-0.15, -0.1) is 0 Å². The summed E-state index contributed by atoms with van der Waals surface area (Å²) in [5.74, 6) is 1.45. The summed E-state index contributed by atoms with van der Waals surface area (Å²) in [5.41, 5.74) is 3.10. The Bertz CT molecular complexity index is 965. The minimum Gasteiger partial charge on any atom is -0.302 e. The molecule has 0 spiro atoms. The lowest BCUT2D eigenvalue weighted by Crippen LogP contribution is -2.45. The van der Waals surface area contributed by atoms with Gasteiger partial charge < -0.3 is 4.90 Å². The highest BCUT2D eigenvalue weighted by atomic mass is 32.2. The van der Waals surface area contributed by atoms with Crippen LogP contribution in [0.4, 0.5) is 0 Å². The van der Waals surface area contributed by atoms with Crippen molar-refractivity contribution in [1.29, 1.82) is 0 Å². The van der Waals surface area contributed by atoms with Crippen molar-refractivity contribution in [3.63, 3.8) is 0 Å². The third-order valence-electron chi connectivity index (χ3n) is 7.75. The highest BCUT2D eigenvalue weighted by molar-refractivity contribution is 7.93. The van der Waals surface area contributed by atoms with E-state index in [4.69, 9.17) is 0 Å². The summed E-state index contributed by atoms with van der Waals surface area (Å²) in [5, 5.41) is 0. The summed E-state index contributed by atoms with van der Waals surface area (Å²) in [6.45, 7) is 3.35. The maximum Gasteiger partial charge on any atom is 0.184 e. The summed E-state index contributed by atoms with van der Waals surface area (Å²) in [7, 11) is -3.24. The van der Waals surface area contributed by atoms with Crippen molar-refractivity contribution in [3.05, 3.63) is 65.7 Å². The van der Waals surface area contributed by atoms with E-state index in [1.807, 2.05) is 18.2 Å². The molecule has 3 aliphatic rings. The second-order valence-electron chi connectivity index (χ2n) is 9.32. The minimum absolute atomic E-state index is 0.503. The largest absolute Gasteiger partial charge is 0.302 e. The zero-order valence-electron chi connectivity index (χ0n) is 17.1. The lowest BCUT2D eigenvalue weighted by Gasteiger charge is -2.41. The first-order valence-corrected chi connectivity index (χ1v) is 12.7. The number of hydrogen-bond donors (Lipinski definition) is 0. The molecular formula is C25H31NO2S. The fourth-order valence-corrected chi connectivity index (χ4v) is 8.21. The summed E-state index contributed by atoms with van der Waals surface area (Å²) in [4.78, 5) is 3.10. The normalized spacial score (nSPS) is 25.8. The SMILES string of the molecule is O=S(=O)(c1ccccc1)C1(CCCN2CC3CCc4ccccc4C3C2)CCC1. The maximum absolute atomic E-state index is 13.3. The molecule has 2 aromatic carbocycles. The van der Waals surface area contributed by atoms with Crippen molar-refractivity contribution in [2.45, 2.75) is 60.5 Å². The predicted octanol–water partition coefficient (Wildman–Crippen LogP) is 4.83. The molecule has 1 saturated carbocycles. The van der Waals surface area contributed by atoms with Gasteiger partial charge in [0.2, 0.25) is 0 Å². The number of rotatable bonds is 6. The number of sulfone groups is 1. The van der Waals surface area contributed by atoms with E-state index in [0.29, 0.717) is 10.8 Å². The Morgan fingerprint density at radius 2 is 1.72 bits per heavy atom. The molecule has 2 aromatic rings. The van der Waals surface area contributed by atoms with E-state index in [1.54, 1.807) is 17.7 Å². The van der Waals surface area contributed by atoms with Crippen LogP contribution in [0, 0.1) is 5.92 Å². The first-order valence-electron chi connectivity index (χ1n) is 11.2. The number of fused-ring (bicyclic) bond motifs is 3. The number of nitrogens with zero attached hydrogens (tertiary/aromatic N) is 1. The lowest BCUT2D eigenvalue weighted by atomic mass is 9.77. The second kappa shape index (κ2) is 7.55. The Morgan fingerprint density at radius 1 is 0.966 bits per heavy atom. The molecule has 2 atom stereocenters. The fraction of sp³-hybridized carbons (Fsp3) is 0.520. The van der Waals surface area contributed by atoms with Gasteiger partial charge in [-0.05, 0) is 74.2 Å². The van der Waals surface area contributed by atoms with Crippen LogP contribution in [0.2, 0.25) is 0 Å². The smallest absolute Gasteiger partial charge is 0.184 e. The van der Waals surface area contributed by atoms with E-state index >= 15 is 0 Å². The van der Waals surface area contributed by atoms with Crippen molar-refractivity contribution in [3.8, 4) is 0 Å². The Morgan fingerprint density at radius 3 is 2.48 bits per heavy atom. The molecule has 29 heavy (non-hydrogen) atoms. The molecule has 2 aliphatic carbocycles. The standard InChI is InChI=1S/C25H31NO2S/c27-29(28,22-9-2-1-3-10-22)25(14-6-15-25)16-7-17-26-18-21-13-12-20-8-4-5-11-23(20)24(21)19-26/h1-5,8-11,21,24H,6-7,12-19H2. The van der Waals surface area contributed by atoms with Crippen molar-refractivity contribution >= 4 is 9.84 Å². The Kier molecular flexibility index (Phi) is 5.03. The van der Waals surface area contributed by atoms with Crippen molar-refractivity contribution in [1.82, 2.24) is 4.90 Å². The number of aryl methyl sites for hydroxylation is 1. The predicted molar refractivity (Wildman–Crippen MR) is 117 cm³/mol. The van der Waals surface area contributed by atoms with Crippen LogP contribution in [0.3, 0.4) is 0 Å². The van der Waals surface area contributed by atoms with Crippen molar-refractivity contribution in [2.24, 2.45) is 5.92 Å². The first kappa shape index (κ1) is 19.3. The lowest BCUT2D eigenvalue weighted by molar-refractivity contribution is 0.269. The summed E-state index contributed by atoms with van der Waals surface area (Å²) < 4.78 is 26.1. The zero-order chi connectivity index (χ0) is 19.9. The molecule has 0 aromatic heterocycles. The van der Waals surface area contributed by atoms with Gasteiger partial charge in [-0.2, -0.15) is 0 Å². The molecule has 0 amide bonds. The van der Waals surface area contributed by atoms with Crippen LogP contribution in [0.25, 0.3) is 0 Å². The molecule has 2 fully saturated rings. The summed E-state index contributed by atoms with van der Waals surface area (Å²) in [6, 6.07) is 18.0. The molecular weight excluding hydrogens is 378 g/mol. The van der Waals surface area contributed by atoms with Gasteiger partial charge in [0.25, 0.3) is 0 Å². The third-order valence-corrected chi connectivity index (χ3v) is 10.4. The number of benzene rings is 2. The summed E-state index contributed by atoms with van der Waals surface area (Å²) >= 11 is 0. The Balaban J connectivity index is 1.23. The highest BCUT2D eigenvalue weighted by Gasteiger charge is 2.49. The highest BCUT2D eigenvalue weighted by Crippen LogP contribution is 2.46. The topological polar surface area (TPSA) is 37.4 Å². The van der Waals surface area contributed by atoms with E-state index in [2.05, 4.69) is 29.2 Å². The van der Waals surface area contributed by atoms with Gasteiger partial charge in [0.05, 0.1) is 9.64 Å². The van der Waals surface area contributed by atoms with E-state index < -0.39 is 14.6 Å². The van der Waals surface area contributed by atoms with Crippen LogP contribution in [0.15, 0.2) is 59.5 Å². The van der Waals surface area contributed by atoms with E-state index in [9.17, 15) is 8.42 Å². The molecule has 3 nitrogen and oxygen atoms in total. The molecule has 1 heterocycles. The quantitative estimate of drug-likeness (QED) is 0.686. The molecule has 154 valence electrons. The van der Waals surface area contributed by atoms with Gasteiger partial charge in [-0.1, -0.05) is 48.9 Å². The van der Waals surface area contributed by atoms with Crippen molar-refractivity contribution < 1.29 is 8.42 Å². The van der Waals surface area contributed by atoms with Gasteiger partial charge in [0, 0.05) is 19.0 Å². The van der Waals surface area contributed by atoms with E-state index in [1.165, 1.54) is 24.9 Å². The fourth-order valence-electron chi connectivity index (χ4n) is 5.95. The van der Waals surface area contributed by atoms with Crippen LogP contribution in [-0.2, 0) is 16.3 Å². The molecule has 2 unspecified atom stereocenters. The molecule has 1 aliphatic heterocycles. The van der Waals surface area contributed by atoms with Gasteiger partial charge >= 0.3 is 0 Å². The average Bonchev–Trinajstić information content (AvgIpc) is 3.14. The van der Waals surface area contributed by atoms with E-state index in [0.717, 1.165) is 51.1 Å². The Hall–Kier alpha value is -1.65. The molecule has 0 N–H and O–H groups in total. The maximum atomic E-state index is 13.3. The number of hydrogen-bond acceptors (Lipinski definition) is 3. The van der Waals surface area contributed by atoms with Crippen LogP contribution in [-0.4, -0.2) is 37.7 Å².